The molecule has 1 N–H and O–H groups in total. The zero-order valence-corrected chi connectivity index (χ0v) is 13.0. The smallest absolute Gasteiger partial charge is 0.125 e. The molecule has 2 aliphatic rings. The van der Waals surface area contributed by atoms with E-state index in [9.17, 15) is 0 Å². The van der Waals surface area contributed by atoms with Crippen LogP contribution in [-0.4, -0.2) is 12.1 Å². The maximum atomic E-state index is 6.13. The van der Waals surface area contributed by atoms with Gasteiger partial charge in [-0.1, -0.05) is 38.0 Å². The molecule has 1 heterocycles. The Morgan fingerprint density at radius 2 is 1.90 bits per heavy atom. The number of hydrogen-bond acceptors (Lipinski definition) is 2. The minimum atomic E-state index is -0.156. The van der Waals surface area contributed by atoms with Gasteiger partial charge in [0.05, 0.1) is 6.04 Å². The molecule has 2 heteroatoms. The van der Waals surface area contributed by atoms with Crippen LogP contribution in [0.3, 0.4) is 0 Å². The predicted molar refractivity (Wildman–Crippen MR) is 83.1 cm³/mol. The lowest BCUT2D eigenvalue weighted by molar-refractivity contribution is 0.0887. The summed E-state index contributed by atoms with van der Waals surface area (Å²) in [6.45, 7) is 7.85. The Morgan fingerprint density at radius 1 is 1.20 bits per heavy atom. The van der Waals surface area contributed by atoms with Crippen molar-refractivity contribution in [3.8, 4) is 5.75 Å². The molecule has 1 aromatic carbocycles. The van der Waals surface area contributed by atoms with Gasteiger partial charge in [0.1, 0.15) is 11.4 Å². The van der Waals surface area contributed by atoms with Crippen molar-refractivity contribution in [2.45, 2.75) is 64.5 Å². The highest BCUT2D eigenvalue weighted by Gasteiger charge is 2.42. The van der Waals surface area contributed by atoms with Crippen LogP contribution in [0.2, 0.25) is 0 Å². The van der Waals surface area contributed by atoms with Gasteiger partial charge in [0.15, 0.2) is 0 Å². The van der Waals surface area contributed by atoms with Crippen molar-refractivity contribution >= 4 is 0 Å². The van der Waals surface area contributed by atoms with E-state index < -0.39 is 0 Å². The molecular formula is C18H27NO. The summed E-state index contributed by atoms with van der Waals surface area (Å²) in [7, 11) is 0. The number of fused-ring (bicyclic) bond motifs is 1. The lowest BCUT2D eigenvalue weighted by Crippen LogP contribution is -2.43. The lowest BCUT2D eigenvalue weighted by Gasteiger charge is -2.33. The van der Waals surface area contributed by atoms with E-state index in [-0.39, 0.29) is 5.60 Å². The summed E-state index contributed by atoms with van der Waals surface area (Å²) < 4.78 is 6.13. The topological polar surface area (TPSA) is 21.3 Å². The van der Waals surface area contributed by atoms with Gasteiger partial charge in [-0.2, -0.15) is 0 Å². The molecular weight excluding hydrogens is 246 g/mol. The third-order valence-corrected chi connectivity index (χ3v) is 5.39. The minimum Gasteiger partial charge on any atom is -0.486 e. The number of rotatable bonds is 4. The minimum absolute atomic E-state index is 0.156. The van der Waals surface area contributed by atoms with Crippen LogP contribution in [0.15, 0.2) is 24.3 Å². The van der Waals surface area contributed by atoms with Gasteiger partial charge >= 0.3 is 0 Å². The molecule has 1 fully saturated rings. The Labute approximate surface area is 122 Å². The van der Waals surface area contributed by atoms with E-state index in [0.717, 1.165) is 12.3 Å². The summed E-state index contributed by atoms with van der Waals surface area (Å²) in [5, 5.41) is 3.84. The number of ether oxygens (including phenoxy) is 1. The van der Waals surface area contributed by atoms with E-state index in [1.807, 2.05) is 0 Å². The van der Waals surface area contributed by atoms with Gasteiger partial charge < -0.3 is 10.1 Å². The fourth-order valence-corrected chi connectivity index (χ4v) is 3.98. The number of para-hydroxylation sites is 1. The van der Waals surface area contributed by atoms with Gasteiger partial charge in [-0.3, -0.25) is 0 Å². The van der Waals surface area contributed by atoms with Crippen LogP contribution < -0.4 is 10.1 Å². The zero-order chi connectivity index (χ0) is 14.2. The molecule has 0 saturated heterocycles. The van der Waals surface area contributed by atoms with E-state index in [2.05, 4.69) is 50.4 Å². The molecule has 1 unspecified atom stereocenters. The Balaban J connectivity index is 1.76. The summed E-state index contributed by atoms with van der Waals surface area (Å²) >= 11 is 0. The van der Waals surface area contributed by atoms with Crippen molar-refractivity contribution in [1.29, 1.82) is 0 Å². The van der Waals surface area contributed by atoms with Gasteiger partial charge in [-0.05, 0) is 44.6 Å². The van der Waals surface area contributed by atoms with Gasteiger partial charge in [0, 0.05) is 12.1 Å². The van der Waals surface area contributed by atoms with Gasteiger partial charge in [0.25, 0.3) is 0 Å². The second-order valence-electron chi connectivity index (χ2n) is 7.12. The van der Waals surface area contributed by atoms with E-state index in [4.69, 9.17) is 4.74 Å². The molecule has 2 nitrogen and oxygen atoms in total. The first-order valence-electron chi connectivity index (χ1n) is 8.08. The van der Waals surface area contributed by atoms with Crippen LogP contribution in [0, 0.1) is 5.41 Å². The molecule has 0 amide bonds. The van der Waals surface area contributed by atoms with Gasteiger partial charge in [-0.25, -0.2) is 0 Å². The van der Waals surface area contributed by atoms with E-state index in [1.165, 1.54) is 37.7 Å². The van der Waals surface area contributed by atoms with E-state index in [0.29, 0.717) is 11.5 Å². The molecule has 110 valence electrons. The summed E-state index contributed by atoms with van der Waals surface area (Å²) in [5.74, 6) is 1.05. The fourth-order valence-electron chi connectivity index (χ4n) is 3.98. The first-order chi connectivity index (χ1) is 9.56. The summed E-state index contributed by atoms with van der Waals surface area (Å²) in [6, 6.07) is 8.77. The Bertz CT molecular complexity index is 474. The Morgan fingerprint density at radius 3 is 2.60 bits per heavy atom. The molecule has 20 heavy (non-hydrogen) atoms. The maximum absolute atomic E-state index is 6.13. The van der Waals surface area contributed by atoms with Crippen LogP contribution in [-0.2, 0) is 0 Å². The van der Waals surface area contributed by atoms with Crippen LogP contribution in [0.25, 0.3) is 0 Å². The average molecular weight is 273 g/mol. The number of nitrogens with one attached hydrogen (secondary N) is 1. The quantitative estimate of drug-likeness (QED) is 0.874. The molecule has 0 radical (unpaired) electrons. The Kier molecular flexibility index (Phi) is 3.53. The van der Waals surface area contributed by atoms with Crippen molar-refractivity contribution < 1.29 is 4.74 Å². The van der Waals surface area contributed by atoms with Crippen molar-refractivity contribution in [2.75, 3.05) is 6.54 Å². The van der Waals surface area contributed by atoms with Crippen molar-refractivity contribution in [1.82, 2.24) is 5.32 Å². The second kappa shape index (κ2) is 5.07. The van der Waals surface area contributed by atoms with E-state index >= 15 is 0 Å². The molecule has 1 aliphatic carbocycles. The van der Waals surface area contributed by atoms with Crippen molar-refractivity contribution in [2.24, 2.45) is 5.41 Å². The highest BCUT2D eigenvalue weighted by Crippen LogP contribution is 2.45. The van der Waals surface area contributed by atoms with E-state index in [1.54, 1.807) is 0 Å². The SMILES string of the molecule is CCC1(CNC2c3ccccc3OC2(C)C)CCCC1. The highest BCUT2D eigenvalue weighted by atomic mass is 16.5. The zero-order valence-electron chi connectivity index (χ0n) is 13.0. The summed E-state index contributed by atoms with van der Waals surface area (Å²) in [6.07, 6.45) is 6.85. The average Bonchev–Trinajstić information content (AvgIpc) is 2.98. The number of hydrogen-bond donors (Lipinski definition) is 1. The van der Waals surface area contributed by atoms with Crippen LogP contribution >= 0.6 is 0 Å². The third kappa shape index (κ3) is 2.35. The summed E-state index contributed by atoms with van der Waals surface area (Å²) in [4.78, 5) is 0. The molecule has 1 atom stereocenters. The third-order valence-electron chi connectivity index (χ3n) is 5.39. The fraction of sp³-hybridized carbons (Fsp3) is 0.667. The largest absolute Gasteiger partial charge is 0.486 e. The Hall–Kier alpha value is -1.02. The first-order valence-corrected chi connectivity index (χ1v) is 8.08. The maximum Gasteiger partial charge on any atom is 0.125 e. The number of benzene rings is 1. The van der Waals surface area contributed by atoms with Gasteiger partial charge in [0.2, 0.25) is 0 Å². The lowest BCUT2D eigenvalue weighted by atomic mass is 9.82. The highest BCUT2D eigenvalue weighted by molar-refractivity contribution is 5.42. The molecule has 1 saturated carbocycles. The summed E-state index contributed by atoms with van der Waals surface area (Å²) in [5.41, 5.74) is 1.69. The van der Waals surface area contributed by atoms with Crippen LogP contribution in [0.5, 0.6) is 5.75 Å². The van der Waals surface area contributed by atoms with Crippen LogP contribution in [0.4, 0.5) is 0 Å². The molecule has 1 aromatic rings. The standard InChI is InChI=1S/C18H27NO/c1-4-18(11-7-8-12-18)13-19-16-14-9-5-6-10-15(14)20-17(16,2)3/h5-6,9-10,16,19H,4,7-8,11-13H2,1-3H3. The molecule has 0 spiro atoms. The first kappa shape index (κ1) is 13.9. The molecule has 3 rings (SSSR count). The van der Waals surface area contributed by atoms with Crippen LogP contribution in [0.1, 0.15) is 64.5 Å². The van der Waals surface area contributed by atoms with Crippen molar-refractivity contribution in [3.05, 3.63) is 29.8 Å². The molecule has 0 bridgehead atoms. The molecule has 1 aliphatic heterocycles. The monoisotopic (exact) mass is 273 g/mol. The van der Waals surface area contributed by atoms with Gasteiger partial charge in [-0.15, -0.1) is 0 Å². The molecule has 0 aromatic heterocycles. The normalized spacial score (nSPS) is 26.2. The second-order valence-corrected chi connectivity index (χ2v) is 7.12. The predicted octanol–water partition coefficient (Wildman–Crippen LogP) is 4.46. The van der Waals surface area contributed by atoms with Crippen molar-refractivity contribution in [3.63, 3.8) is 0 Å².